The first kappa shape index (κ1) is 13.0. The number of hydrogen-bond donors (Lipinski definition) is 2. The van der Waals surface area contributed by atoms with Gasteiger partial charge in [-0.15, -0.1) is 0 Å². The van der Waals surface area contributed by atoms with Crippen molar-refractivity contribution in [1.29, 1.82) is 5.41 Å². The molecule has 0 spiro atoms. The van der Waals surface area contributed by atoms with Gasteiger partial charge in [0.25, 0.3) is 0 Å². The van der Waals surface area contributed by atoms with Crippen LogP contribution < -0.4 is 5.73 Å². The van der Waals surface area contributed by atoms with Crippen molar-refractivity contribution < 1.29 is 9.13 Å². The van der Waals surface area contributed by atoms with E-state index < -0.39 is 5.82 Å². The average molecular weight is 251 g/mol. The number of ether oxygens (including phenoxy) is 1. The van der Waals surface area contributed by atoms with Crippen molar-refractivity contribution in [2.45, 2.75) is 19.0 Å². The Morgan fingerprint density at radius 2 is 2.39 bits per heavy atom. The maximum absolute atomic E-state index is 14.1. The summed E-state index contributed by atoms with van der Waals surface area (Å²) in [6.45, 7) is 1.97. The van der Waals surface area contributed by atoms with Gasteiger partial charge in [-0.05, 0) is 19.5 Å². The standard InChI is InChI=1S/C13H18FN3O/c1-17(10-5-6-18-8-10)7-9-3-2-4-11(12(9)14)13(15)16/h2-4,10H,5-8H2,1H3,(H3,15,16). The summed E-state index contributed by atoms with van der Waals surface area (Å²) < 4.78 is 19.4. The molecule has 0 saturated carbocycles. The van der Waals surface area contributed by atoms with Gasteiger partial charge in [-0.2, -0.15) is 0 Å². The number of nitrogens with zero attached hydrogens (tertiary/aromatic N) is 1. The van der Waals surface area contributed by atoms with E-state index in [1.807, 2.05) is 7.05 Å². The number of nitrogen functional groups attached to an aromatic ring is 1. The second-order valence-electron chi connectivity index (χ2n) is 4.62. The van der Waals surface area contributed by atoms with E-state index in [0.717, 1.165) is 13.0 Å². The summed E-state index contributed by atoms with van der Waals surface area (Å²) in [5.74, 6) is -0.628. The van der Waals surface area contributed by atoms with Gasteiger partial charge in [0, 0.05) is 24.8 Å². The van der Waals surface area contributed by atoms with Gasteiger partial charge < -0.3 is 10.5 Å². The third-order valence-electron chi connectivity index (χ3n) is 3.32. The van der Waals surface area contributed by atoms with Gasteiger partial charge in [0.05, 0.1) is 12.2 Å². The van der Waals surface area contributed by atoms with Gasteiger partial charge in [-0.1, -0.05) is 12.1 Å². The van der Waals surface area contributed by atoms with Gasteiger partial charge >= 0.3 is 0 Å². The SMILES string of the molecule is CN(Cc1cccc(C(=N)N)c1F)C1CCOC1. The normalized spacial score (nSPS) is 19.4. The van der Waals surface area contributed by atoms with Gasteiger partial charge in [0.2, 0.25) is 0 Å². The number of amidine groups is 1. The largest absolute Gasteiger partial charge is 0.384 e. The lowest BCUT2D eigenvalue weighted by atomic mass is 10.1. The zero-order valence-electron chi connectivity index (χ0n) is 10.4. The smallest absolute Gasteiger partial charge is 0.138 e. The van der Waals surface area contributed by atoms with Crippen LogP contribution in [0.2, 0.25) is 0 Å². The Kier molecular flexibility index (Phi) is 3.93. The second-order valence-corrected chi connectivity index (χ2v) is 4.62. The highest BCUT2D eigenvalue weighted by atomic mass is 19.1. The zero-order valence-corrected chi connectivity index (χ0v) is 10.4. The van der Waals surface area contributed by atoms with Crippen molar-refractivity contribution in [3.63, 3.8) is 0 Å². The molecule has 1 aromatic carbocycles. The summed E-state index contributed by atoms with van der Waals surface area (Å²) in [5, 5.41) is 7.33. The maximum atomic E-state index is 14.1. The molecule has 0 amide bonds. The van der Waals surface area contributed by atoms with Gasteiger partial charge in [-0.25, -0.2) is 4.39 Å². The van der Waals surface area contributed by atoms with Crippen molar-refractivity contribution in [1.82, 2.24) is 4.90 Å². The summed E-state index contributed by atoms with van der Waals surface area (Å²) in [6, 6.07) is 5.33. The molecule has 1 aliphatic heterocycles. The van der Waals surface area contributed by atoms with Gasteiger partial charge in [0.15, 0.2) is 0 Å². The molecular formula is C13H18FN3O. The van der Waals surface area contributed by atoms with Crippen LogP contribution in [0.3, 0.4) is 0 Å². The Bertz CT molecular complexity index is 444. The van der Waals surface area contributed by atoms with Crippen molar-refractivity contribution in [3.8, 4) is 0 Å². The minimum atomic E-state index is -0.393. The molecule has 1 fully saturated rings. The lowest BCUT2D eigenvalue weighted by molar-refractivity contribution is 0.155. The molecule has 1 saturated heterocycles. The van der Waals surface area contributed by atoms with E-state index in [0.29, 0.717) is 24.8 Å². The Hall–Kier alpha value is -1.46. The first-order valence-corrected chi connectivity index (χ1v) is 5.99. The number of rotatable bonds is 4. The van der Waals surface area contributed by atoms with Crippen molar-refractivity contribution >= 4 is 5.84 Å². The first-order valence-electron chi connectivity index (χ1n) is 5.99. The van der Waals surface area contributed by atoms with E-state index in [1.54, 1.807) is 12.1 Å². The molecule has 4 nitrogen and oxygen atoms in total. The molecule has 0 bridgehead atoms. The van der Waals surface area contributed by atoms with E-state index in [1.165, 1.54) is 6.07 Å². The molecular weight excluding hydrogens is 233 g/mol. The van der Waals surface area contributed by atoms with E-state index in [2.05, 4.69) is 4.90 Å². The first-order chi connectivity index (χ1) is 8.59. The number of benzene rings is 1. The van der Waals surface area contributed by atoms with Crippen LogP contribution in [0, 0.1) is 11.2 Å². The predicted octanol–water partition coefficient (Wildman–Crippen LogP) is 1.33. The average Bonchev–Trinajstić information content (AvgIpc) is 2.85. The Labute approximate surface area is 106 Å². The highest BCUT2D eigenvalue weighted by Gasteiger charge is 2.21. The highest BCUT2D eigenvalue weighted by molar-refractivity contribution is 5.95. The van der Waals surface area contributed by atoms with E-state index >= 15 is 0 Å². The van der Waals surface area contributed by atoms with Gasteiger partial charge in [-0.3, -0.25) is 10.3 Å². The Balaban J connectivity index is 2.13. The fourth-order valence-corrected chi connectivity index (χ4v) is 2.18. The van der Waals surface area contributed by atoms with Crippen LogP contribution in [-0.4, -0.2) is 37.0 Å². The Morgan fingerprint density at radius 1 is 1.61 bits per heavy atom. The van der Waals surface area contributed by atoms with Crippen LogP contribution in [0.25, 0.3) is 0 Å². The molecule has 98 valence electrons. The van der Waals surface area contributed by atoms with Crippen molar-refractivity contribution in [3.05, 3.63) is 35.1 Å². The minimum absolute atomic E-state index is 0.170. The summed E-state index contributed by atoms with van der Waals surface area (Å²) >= 11 is 0. The number of nitrogens with two attached hydrogens (primary N) is 1. The topological polar surface area (TPSA) is 62.3 Å². The summed E-state index contributed by atoms with van der Waals surface area (Å²) in [4.78, 5) is 2.08. The van der Waals surface area contributed by atoms with Crippen LogP contribution in [0.4, 0.5) is 4.39 Å². The van der Waals surface area contributed by atoms with Gasteiger partial charge in [0.1, 0.15) is 11.7 Å². The molecule has 2 rings (SSSR count). The molecule has 1 atom stereocenters. The summed E-state index contributed by atoms with van der Waals surface area (Å²) in [7, 11) is 1.96. The quantitative estimate of drug-likeness (QED) is 0.627. The molecule has 0 aliphatic carbocycles. The maximum Gasteiger partial charge on any atom is 0.138 e. The van der Waals surface area contributed by atoms with E-state index in [-0.39, 0.29) is 11.4 Å². The number of nitrogens with one attached hydrogen (secondary N) is 1. The monoisotopic (exact) mass is 251 g/mol. The highest BCUT2D eigenvalue weighted by Crippen LogP contribution is 2.18. The van der Waals surface area contributed by atoms with Crippen LogP contribution in [0.5, 0.6) is 0 Å². The summed E-state index contributed by atoms with van der Waals surface area (Å²) in [6.07, 6.45) is 0.977. The molecule has 5 heteroatoms. The zero-order chi connectivity index (χ0) is 13.1. The molecule has 1 heterocycles. The molecule has 1 aliphatic rings. The fraction of sp³-hybridized carbons (Fsp3) is 0.462. The van der Waals surface area contributed by atoms with E-state index in [4.69, 9.17) is 15.9 Å². The number of halogens is 1. The molecule has 3 N–H and O–H groups in total. The van der Waals surface area contributed by atoms with E-state index in [9.17, 15) is 4.39 Å². The molecule has 0 aromatic heterocycles. The summed E-state index contributed by atoms with van der Waals surface area (Å²) in [5.41, 5.74) is 6.08. The van der Waals surface area contributed by atoms with Crippen LogP contribution >= 0.6 is 0 Å². The molecule has 0 radical (unpaired) electrons. The van der Waals surface area contributed by atoms with Crippen LogP contribution in [0.15, 0.2) is 18.2 Å². The fourth-order valence-electron chi connectivity index (χ4n) is 2.18. The van der Waals surface area contributed by atoms with Crippen LogP contribution in [-0.2, 0) is 11.3 Å². The van der Waals surface area contributed by atoms with Crippen molar-refractivity contribution in [2.24, 2.45) is 5.73 Å². The lowest BCUT2D eigenvalue weighted by Gasteiger charge is -2.23. The number of likely N-dealkylation sites (N-methyl/N-ethyl adjacent to an activating group) is 1. The predicted molar refractivity (Wildman–Crippen MR) is 68.1 cm³/mol. The Morgan fingerprint density at radius 3 is 3.00 bits per heavy atom. The van der Waals surface area contributed by atoms with Crippen LogP contribution in [0.1, 0.15) is 17.5 Å². The second kappa shape index (κ2) is 5.46. The molecule has 18 heavy (non-hydrogen) atoms. The number of hydrogen-bond acceptors (Lipinski definition) is 3. The minimum Gasteiger partial charge on any atom is -0.384 e. The third kappa shape index (κ3) is 2.68. The lowest BCUT2D eigenvalue weighted by Crippen LogP contribution is -2.31. The van der Waals surface area contributed by atoms with Crippen molar-refractivity contribution in [2.75, 3.05) is 20.3 Å². The molecule has 1 unspecified atom stereocenters. The molecule has 1 aromatic rings. The third-order valence-corrected chi connectivity index (χ3v) is 3.32.